The van der Waals surface area contributed by atoms with E-state index < -0.39 is 0 Å². The Balaban J connectivity index is 2.30. The van der Waals surface area contributed by atoms with Crippen molar-refractivity contribution >= 4 is 23.1 Å². The van der Waals surface area contributed by atoms with E-state index in [1.165, 1.54) is 0 Å². The molecule has 0 aliphatic carbocycles. The van der Waals surface area contributed by atoms with Crippen molar-refractivity contribution in [3.63, 3.8) is 0 Å². The van der Waals surface area contributed by atoms with Crippen molar-refractivity contribution in [2.45, 2.75) is 12.8 Å². The predicted octanol–water partition coefficient (Wildman–Crippen LogP) is 3.28. The van der Waals surface area contributed by atoms with E-state index in [0.717, 1.165) is 11.3 Å². The molecule has 1 N–H and O–H groups in total. The fraction of sp³-hybridized carbons (Fsp3) is 0.231. The minimum Gasteiger partial charge on any atom is -0.481 e. The first-order valence-electron chi connectivity index (χ1n) is 5.53. The lowest BCUT2D eigenvalue weighted by atomic mass is 10.2. The van der Waals surface area contributed by atoms with Gasteiger partial charge in [0, 0.05) is 17.6 Å². The molecule has 1 aromatic heterocycles. The Morgan fingerprint density at radius 2 is 2.06 bits per heavy atom. The van der Waals surface area contributed by atoms with Crippen molar-refractivity contribution in [3.05, 3.63) is 41.7 Å². The smallest absolute Gasteiger partial charge is 0.218 e. The topological polar surface area (TPSA) is 47.0 Å². The van der Waals surface area contributed by atoms with Crippen molar-refractivity contribution in [1.29, 1.82) is 0 Å². The van der Waals surface area contributed by atoms with Crippen LogP contribution in [0, 0.1) is 6.92 Å². The molecule has 0 radical (unpaired) electrons. The summed E-state index contributed by atoms with van der Waals surface area (Å²) in [4.78, 5) is 8.44. The fourth-order valence-corrected chi connectivity index (χ4v) is 1.84. The fourth-order valence-electron chi connectivity index (χ4n) is 1.61. The predicted molar refractivity (Wildman–Crippen MR) is 72.6 cm³/mol. The molecule has 0 saturated heterocycles. The molecule has 0 atom stereocenters. The van der Waals surface area contributed by atoms with Gasteiger partial charge in [0.05, 0.1) is 7.11 Å². The van der Waals surface area contributed by atoms with Crippen LogP contribution in [0.2, 0.25) is 0 Å². The van der Waals surface area contributed by atoms with E-state index >= 15 is 0 Å². The van der Waals surface area contributed by atoms with E-state index in [0.29, 0.717) is 23.4 Å². The van der Waals surface area contributed by atoms with Crippen molar-refractivity contribution in [1.82, 2.24) is 9.97 Å². The van der Waals surface area contributed by atoms with Gasteiger partial charge in [0.25, 0.3) is 0 Å². The third-order valence-electron chi connectivity index (χ3n) is 2.45. The molecule has 1 heterocycles. The minimum absolute atomic E-state index is 0.449. The summed E-state index contributed by atoms with van der Waals surface area (Å²) in [6.45, 7) is 1.82. The highest BCUT2D eigenvalue weighted by Crippen LogP contribution is 2.22. The summed E-state index contributed by atoms with van der Waals surface area (Å²) in [6.07, 6.45) is 0. The number of aryl methyl sites for hydroxylation is 1. The number of halogens is 1. The Labute approximate surface area is 111 Å². The molecule has 94 valence electrons. The van der Waals surface area contributed by atoms with Crippen LogP contribution in [0.3, 0.4) is 0 Å². The highest BCUT2D eigenvalue weighted by molar-refractivity contribution is 6.17. The number of anilines is 2. The monoisotopic (exact) mass is 263 g/mol. The van der Waals surface area contributed by atoms with E-state index in [4.69, 9.17) is 16.3 Å². The summed E-state index contributed by atoms with van der Waals surface area (Å²) in [5.41, 5.74) is 1.96. The second-order valence-electron chi connectivity index (χ2n) is 3.76. The molecule has 0 unspecified atom stereocenters. The number of rotatable bonds is 4. The highest BCUT2D eigenvalue weighted by Gasteiger charge is 2.05. The summed E-state index contributed by atoms with van der Waals surface area (Å²) in [5, 5.41) is 3.22. The first-order valence-corrected chi connectivity index (χ1v) is 6.07. The van der Waals surface area contributed by atoms with Gasteiger partial charge in [0.15, 0.2) is 0 Å². The van der Waals surface area contributed by atoms with Gasteiger partial charge in [-0.05, 0) is 18.6 Å². The summed E-state index contributed by atoms with van der Waals surface area (Å²) in [5.74, 6) is 2.33. The van der Waals surface area contributed by atoms with Gasteiger partial charge in [0.2, 0.25) is 5.88 Å². The summed E-state index contributed by atoms with van der Waals surface area (Å²) >= 11 is 5.89. The zero-order chi connectivity index (χ0) is 13.0. The molecule has 0 aliphatic rings. The number of hydrogen-bond acceptors (Lipinski definition) is 4. The highest BCUT2D eigenvalue weighted by atomic mass is 35.5. The number of ether oxygens (including phenoxy) is 1. The largest absolute Gasteiger partial charge is 0.481 e. The van der Waals surface area contributed by atoms with Crippen molar-refractivity contribution < 1.29 is 4.74 Å². The quantitative estimate of drug-likeness (QED) is 0.860. The lowest BCUT2D eigenvalue weighted by Gasteiger charge is -2.10. The first kappa shape index (κ1) is 12.6. The van der Waals surface area contributed by atoms with Gasteiger partial charge in [-0.2, -0.15) is 4.98 Å². The average molecular weight is 264 g/mol. The first-order chi connectivity index (χ1) is 8.72. The maximum absolute atomic E-state index is 5.89. The molecule has 4 nitrogen and oxygen atoms in total. The van der Waals surface area contributed by atoms with Gasteiger partial charge < -0.3 is 10.1 Å². The summed E-state index contributed by atoms with van der Waals surface area (Å²) in [7, 11) is 1.58. The molecule has 5 heteroatoms. The number of benzene rings is 1. The van der Waals surface area contributed by atoms with Crippen LogP contribution >= 0.6 is 11.6 Å². The zero-order valence-corrected chi connectivity index (χ0v) is 11.0. The van der Waals surface area contributed by atoms with Gasteiger partial charge in [-0.25, -0.2) is 4.98 Å². The van der Waals surface area contributed by atoms with E-state index in [2.05, 4.69) is 15.3 Å². The van der Waals surface area contributed by atoms with Crippen LogP contribution in [-0.2, 0) is 5.88 Å². The SMILES string of the molecule is COc1cc(Nc2ccccc2CCl)nc(C)n1. The number of hydrogen-bond donors (Lipinski definition) is 1. The van der Waals surface area contributed by atoms with Crippen LogP contribution in [0.4, 0.5) is 11.5 Å². The molecule has 0 aliphatic heterocycles. The zero-order valence-electron chi connectivity index (χ0n) is 10.3. The maximum atomic E-state index is 5.89. The van der Waals surface area contributed by atoms with Gasteiger partial charge >= 0.3 is 0 Å². The van der Waals surface area contributed by atoms with Crippen LogP contribution in [0.1, 0.15) is 11.4 Å². The lowest BCUT2D eigenvalue weighted by Crippen LogP contribution is -2.00. The number of aromatic nitrogens is 2. The normalized spacial score (nSPS) is 10.2. The molecule has 0 bridgehead atoms. The van der Waals surface area contributed by atoms with Gasteiger partial charge in [-0.3, -0.25) is 0 Å². The molecule has 0 fully saturated rings. The maximum Gasteiger partial charge on any atom is 0.218 e. The summed E-state index contributed by atoms with van der Waals surface area (Å²) < 4.78 is 5.11. The van der Waals surface area contributed by atoms with Gasteiger partial charge in [0.1, 0.15) is 11.6 Å². The Morgan fingerprint density at radius 3 is 2.78 bits per heavy atom. The molecule has 0 saturated carbocycles. The van der Waals surface area contributed by atoms with Crippen LogP contribution in [0.15, 0.2) is 30.3 Å². The van der Waals surface area contributed by atoms with E-state index in [9.17, 15) is 0 Å². The molecule has 0 amide bonds. The number of methoxy groups -OCH3 is 1. The standard InChI is InChI=1S/C13H14ClN3O/c1-9-15-12(7-13(16-9)18-2)17-11-6-4-3-5-10(11)8-14/h3-7H,8H2,1-2H3,(H,15,16,17). The molecule has 18 heavy (non-hydrogen) atoms. The van der Waals surface area contributed by atoms with Crippen LogP contribution in [0.5, 0.6) is 5.88 Å². The molecular formula is C13H14ClN3O. The van der Waals surface area contributed by atoms with Crippen LogP contribution < -0.4 is 10.1 Å². The van der Waals surface area contributed by atoms with Crippen LogP contribution in [0.25, 0.3) is 0 Å². The van der Waals surface area contributed by atoms with E-state index in [1.807, 2.05) is 31.2 Å². The number of para-hydroxylation sites is 1. The van der Waals surface area contributed by atoms with Crippen molar-refractivity contribution in [2.75, 3.05) is 12.4 Å². The second kappa shape index (κ2) is 5.69. The lowest BCUT2D eigenvalue weighted by molar-refractivity contribution is 0.396. The van der Waals surface area contributed by atoms with Crippen molar-refractivity contribution in [3.8, 4) is 5.88 Å². The minimum atomic E-state index is 0.449. The number of alkyl halides is 1. The second-order valence-corrected chi connectivity index (χ2v) is 4.03. The third kappa shape index (κ3) is 2.90. The Morgan fingerprint density at radius 1 is 1.28 bits per heavy atom. The molecule has 2 aromatic rings. The van der Waals surface area contributed by atoms with Gasteiger partial charge in [-0.15, -0.1) is 11.6 Å². The Hall–Kier alpha value is -1.81. The molecular weight excluding hydrogens is 250 g/mol. The molecule has 2 rings (SSSR count). The number of nitrogens with zero attached hydrogens (tertiary/aromatic N) is 2. The van der Waals surface area contributed by atoms with E-state index in [-0.39, 0.29) is 0 Å². The van der Waals surface area contributed by atoms with Gasteiger partial charge in [-0.1, -0.05) is 18.2 Å². The van der Waals surface area contributed by atoms with E-state index in [1.54, 1.807) is 13.2 Å². The summed E-state index contributed by atoms with van der Waals surface area (Å²) in [6, 6.07) is 9.58. The molecule has 0 spiro atoms. The van der Waals surface area contributed by atoms with Crippen molar-refractivity contribution in [2.24, 2.45) is 0 Å². The molecule has 1 aromatic carbocycles. The Bertz CT molecular complexity index is 546. The number of nitrogens with one attached hydrogen (secondary N) is 1. The average Bonchev–Trinajstić information content (AvgIpc) is 2.38. The third-order valence-corrected chi connectivity index (χ3v) is 2.74. The Kier molecular flexibility index (Phi) is 3.99. The van der Waals surface area contributed by atoms with Crippen LogP contribution in [-0.4, -0.2) is 17.1 Å².